The van der Waals surface area contributed by atoms with Gasteiger partial charge in [0.25, 0.3) is 5.91 Å². The zero-order chi connectivity index (χ0) is 30.9. The Hall–Kier alpha value is -4.38. The molecule has 1 aliphatic rings. The molecule has 0 saturated carbocycles. The molecule has 1 N–H and O–H groups in total. The Morgan fingerprint density at radius 1 is 1.10 bits per heavy atom. The lowest BCUT2D eigenvalue weighted by Gasteiger charge is -2.43. The maximum atomic E-state index is 14.0. The molecule has 1 atom stereocenters. The largest absolute Gasteiger partial charge is 0.459 e. The maximum Gasteiger partial charge on any atom is 0.416 e. The van der Waals surface area contributed by atoms with Crippen molar-refractivity contribution in [2.75, 3.05) is 17.7 Å². The summed E-state index contributed by atoms with van der Waals surface area (Å²) in [6.45, 7) is 5.29. The molecular weight excluding hydrogens is 565 g/mol. The monoisotopic (exact) mass is 592 g/mol. The predicted octanol–water partition coefficient (Wildman–Crippen LogP) is 4.25. The summed E-state index contributed by atoms with van der Waals surface area (Å²) in [4.78, 5) is 42.1. The van der Waals surface area contributed by atoms with Crippen LogP contribution >= 0.6 is 0 Å². The Balaban J connectivity index is 2.32. The van der Waals surface area contributed by atoms with Crippen molar-refractivity contribution < 1.29 is 40.7 Å². The molecule has 0 saturated heterocycles. The molecular formula is C27H27F3N4O6S. The van der Waals surface area contributed by atoms with Gasteiger partial charge in [-0.25, -0.2) is 17.9 Å². The van der Waals surface area contributed by atoms with Crippen LogP contribution in [0.1, 0.15) is 50.4 Å². The number of alkyl halides is 3. The van der Waals surface area contributed by atoms with Gasteiger partial charge in [0.2, 0.25) is 10.0 Å². The van der Waals surface area contributed by atoms with Crippen molar-refractivity contribution in [1.82, 2.24) is 9.62 Å². The van der Waals surface area contributed by atoms with Crippen LogP contribution in [-0.4, -0.2) is 49.6 Å². The van der Waals surface area contributed by atoms with Crippen LogP contribution in [0.3, 0.4) is 0 Å². The molecule has 1 unspecified atom stereocenters. The van der Waals surface area contributed by atoms with Gasteiger partial charge in [0.1, 0.15) is 12.1 Å². The first-order valence-corrected chi connectivity index (χ1v) is 13.9. The first kappa shape index (κ1) is 31.2. The molecule has 3 rings (SSSR count). The zero-order valence-corrected chi connectivity index (χ0v) is 23.6. The van der Waals surface area contributed by atoms with Gasteiger partial charge in [0, 0.05) is 5.70 Å². The summed E-state index contributed by atoms with van der Waals surface area (Å²) >= 11 is 0. The van der Waals surface area contributed by atoms with E-state index in [4.69, 9.17) is 4.74 Å². The third kappa shape index (κ3) is 7.43. The van der Waals surface area contributed by atoms with Gasteiger partial charge in [-0.2, -0.15) is 18.4 Å². The third-order valence-corrected chi connectivity index (χ3v) is 6.33. The Morgan fingerprint density at radius 3 is 2.22 bits per heavy atom. The summed E-state index contributed by atoms with van der Waals surface area (Å²) in [7, 11) is -4.14. The van der Waals surface area contributed by atoms with Gasteiger partial charge in [-0.1, -0.05) is 18.2 Å². The topological polar surface area (TPSA) is 137 Å². The van der Waals surface area contributed by atoms with Gasteiger partial charge >= 0.3 is 18.2 Å². The highest BCUT2D eigenvalue weighted by Gasteiger charge is 2.44. The third-order valence-electron chi connectivity index (χ3n) is 5.78. The Bertz CT molecular complexity index is 1550. The first-order valence-electron chi connectivity index (χ1n) is 12.0. The average molecular weight is 593 g/mol. The summed E-state index contributed by atoms with van der Waals surface area (Å²) in [6, 6.07) is 8.96. The van der Waals surface area contributed by atoms with E-state index in [0.29, 0.717) is 6.07 Å². The van der Waals surface area contributed by atoms with Crippen molar-refractivity contribution in [2.24, 2.45) is 0 Å². The summed E-state index contributed by atoms with van der Waals surface area (Å²) in [5.41, 5.74) is -2.37. The number of nitrogens with zero attached hydrogens (tertiary/aromatic N) is 3. The number of hydrogen-bond donors (Lipinski definition) is 1. The van der Waals surface area contributed by atoms with Gasteiger partial charge < -0.3 is 9.64 Å². The summed E-state index contributed by atoms with van der Waals surface area (Å²) in [6.07, 6.45) is -4.03. The van der Waals surface area contributed by atoms with Crippen LogP contribution in [-0.2, 0) is 30.5 Å². The van der Waals surface area contributed by atoms with E-state index in [9.17, 15) is 41.2 Å². The molecule has 218 valence electrons. The zero-order valence-electron chi connectivity index (χ0n) is 22.7. The summed E-state index contributed by atoms with van der Waals surface area (Å²) < 4.78 is 71.8. The number of esters is 1. The molecule has 1 heterocycles. The van der Waals surface area contributed by atoms with E-state index in [1.54, 1.807) is 20.8 Å². The molecule has 1 aliphatic heterocycles. The van der Waals surface area contributed by atoms with Crippen LogP contribution in [0.4, 0.5) is 23.7 Å². The molecule has 2 aromatic carbocycles. The Kier molecular flexibility index (Phi) is 8.54. The number of benzene rings is 2. The normalized spacial score (nSPS) is 16.4. The number of ether oxygens (including phenoxy) is 1. The van der Waals surface area contributed by atoms with E-state index in [1.807, 2.05) is 10.8 Å². The van der Waals surface area contributed by atoms with E-state index < -0.39 is 57.9 Å². The van der Waals surface area contributed by atoms with Crippen LogP contribution in [0.25, 0.3) is 0 Å². The van der Waals surface area contributed by atoms with Crippen LogP contribution < -0.4 is 9.62 Å². The summed E-state index contributed by atoms with van der Waals surface area (Å²) in [5, 5.41) is 9.21. The number of nitrogens with one attached hydrogen (secondary N) is 1. The molecule has 14 heteroatoms. The quantitative estimate of drug-likeness (QED) is 0.495. The lowest BCUT2D eigenvalue weighted by atomic mass is 9.91. The van der Waals surface area contributed by atoms with E-state index in [1.165, 1.54) is 37.3 Å². The van der Waals surface area contributed by atoms with Crippen molar-refractivity contribution in [3.8, 4) is 6.07 Å². The molecule has 0 radical (unpaired) electrons. The molecule has 0 aromatic heterocycles. The second-order valence-corrected chi connectivity index (χ2v) is 12.0. The van der Waals surface area contributed by atoms with Gasteiger partial charge in [0.15, 0.2) is 0 Å². The number of urea groups is 1. The highest BCUT2D eigenvalue weighted by Crippen LogP contribution is 2.41. The smallest absolute Gasteiger partial charge is 0.416 e. The van der Waals surface area contributed by atoms with Crippen LogP contribution in [0.15, 0.2) is 59.8 Å². The van der Waals surface area contributed by atoms with Crippen LogP contribution in [0, 0.1) is 11.3 Å². The van der Waals surface area contributed by atoms with E-state index >= 15 is 0 Å². The van der Waals surface area contributed by atoms with E-state index in [2.05, 4.69) is 0 Å². The molecule has 0 fully saturated rings. The van der Waals surface area contributed by atoms with Crippen LogP contribution in [0.5, 0.6) is 0 Å². The second-order valence-electron chi connectivity index (χ2n) is 10.2. The number of hydrogen-bond acceptors (Lipinski definition) is 7. The number of sulfonamides is 1. The lowest BCUT2D eigenvalue weighted by Crippen LogP contribution is -2.54. The number of carbonyl (C=O) groups is 3. The second kappa shape index (κ2) is 11.2. The van der Waals surface area contributed by atoms with E-state index in [0.717, 1.165) is 28.2 Å². The van der Waals surface area contributed by atoms with E-state index in [-0.39, 0.29) is 28.1 Å². The van der Waals surface area contributed by atoms with Crippen molar-refractivity contribution >= 4 is 33.6 Å². The van der Waals surface area contributed by atoms with Crippen molar-refractivity contribution in [3.05, 3.63) is 76.5 Å². The number of allylic oxidation sites excluding steroid dienone is 1. The summed E-state index contributed by atoms with van der Waals surface area (Å²) in [5.74, 6) is -2.06. The molecule has 0 spiro atoms. The standard InChI is InChI=1S/C27H27F3N4O6S/c1-16-22(24(36)32-41(5,38)39)23(18-11-9-17(14-31)10-12-18)33(15-21(35)40-26(2,3)4)25(37)34(16)20-8-6-7-19(13-20)27(28,29)30/h6-13,23H,15H2,1-5H3,(H,32,36). The molecule has 0 aliphatic carbocycles. The number of nitriles is 1. The fourth-order valence-electron chi connectivity index (χ4n) is 4.25. The molecule has 2 aromatic rings. The highest BCUT2D eigenvalue weighted by atomic mass is 32.2. The molecule has 3 amide bonds. The Morgan fingerprint density at radius 2 is 1.71 bits per heavy atom. The fourth-order valence-corrected chi connectivity index (χ4v) is 4.70. The highest BCUT2D eigenvalue weighted by molar-refractivity contribution is 7.89. The molecule has 41 heavy (non-hydrogen) atoms. The Labute approximate surface area is 235 Å². The maximum absolute atomic E-state index is 14.0. The number of carbonyl (C=O) groups excluding carboxylic acids is 3. The van der Waals surface area contributed by atoms with Crippen molar-refractivity contribution in [3.63, 3.8) is 0 Å². The fraction of sp³-hybridized carbons (Fsp3) is 0.333. The minimum atomic E-state index is -4.76. The van der Waals surface area contributed by atoms with Gasteiger partial charge in [-0.15, -0.1) is 0 Å². The number of amides is 3. The van der Waals surface area contributed by atoms with Gasteiger partial charge in [0.05, 0.1) is 40.8 Å². The van der Waals surface area contributed by atoms with Crippen molar-refractivity contribution in [2.45, 2.75) is 45.5 Å². The predicted molar refractivity (Wildman–Crippen MR) is 141 cm³/mol. The molecule has 10 nitrogen and oxygen atoms in total. The average Bonchev–Trinajstić information content (AvgIpc) is 2.83. The molecule has 0 bridgehead atoms. The lowest BCUT2D eigenvalue weighted by molar-refractivity contribution is -0.156. The number of anilines is 1. The van der Waals surface area contributed by atoms with Gasteiger partial charge in [-0.3, -0.25) is 14.5 Å². The first-order chi connectivity index (χ1) is 18.8. The van der Waals surface area contributed by atoms with Crippen molar-refractivity contribution in [1.29, 1.82) is 5.26 Å². The number of halogens is 3. The minimum absolute atomic E-state index is 0.176. The van der Waals surface area contributed by atoms with Gasteiger partial charge in [-0.05, 0) is 63.6 Å². The van der Waals surface area contributed by atoms with Crippen LogP contribution in [0.2, 0.25) is 0 Å². The number of rotatable bonds is 6. The minimum Gasteiger partial charge on any atom is -0.459 e. The SMILES string of the molecule is CC1=C(C(=O)NS(C)(=O)=O)C(c2ccc(C#N)cc2)N(CC(=O)OC(C)(C)C)C(=O)N1c1cccc(C(F)(F)F)c1.